The molecule has 0 radical (unpaired) electrons. The van der Waals surface area contributed by atoms with E-state index in [1.54, 1.807) is 4.90 Å². The number of carboxylic acid groups (broad SMARTS) is 1. The molecule has 0 aliphatic carbocycles. The zero-order valence-corrected chi connectivity index (χ0v) is 8.52. The van der Waals surface area contributed by atoms with Crippen LogP contribution < -0.4 is 0 Å². The topological polar surface area (TPSA) is 66.8 Å². The highest BCUT2D eigenvalue weighted by atomic mass is 16.5. The molecular formula is C10H13NO4. The molecule has 5 nitrogen and oxygen atoms in total. The van der Waals surface area contributed by atoms with E-state index >= 15 is 0 Å². The second-order valence-corrected chi connectivity index (χ2v) is 3.33. The number of likely N-dealkylation sites (tertiary alicyclic amines) is 1. The molecule has 1 heterocycles. The minimum atomic E-state index is -1.13. The average molecular weight is 211 g/mol. The third-order valence-electron chi connectivity index (χ3n) is 2.24. The highest BCUT2D eigenvalue weighted by Crippen LogP contribution is 2.15. The van der Waals surface area contributed by atoms with Crippen molar-refractivity contribution in [2.45, 2.75) is 12.8 Å². The highest BCUT2D eigenvalue weighted by molar-refractivity contribution is 5.86. The Hall–Kier alpha value is -1.70. The Kier molecular flexibility index (Phi) is 3.98. The number of rotatable bonds is 0. The summed E-state index contributed by atoms with van der Waals surface area (Å²) in [6, 6.07) is 0. The lowest BCUT2D eigenvalue weighted by atomic mass is 9.99. The van der Waals surface area contributed by atoms with Gasteiger partial charge in [-0.3, -0.25) is 0 Å². The SMILES string of the molecule is COC(=O)N1CCCC(C#CC(=O)O)C1. The van der Waals surface area contributed by atoms with Crippen LogP contribution >= 0.6 is 0 Å². The van der Waals surface area contributed by atoms with Gasteiger partial charge in [-0.25, -0.2) is 9.59 Å². The van der Waals surface area contributed by atoms with Crippen molar-refractivity contribution in [1.82, 2.24) is 4.90 Å². The van der Waals surface area contributed by atoms with Crippen LogP contribution in [0.2, 0.25) is 0 Å². The summed E-state index contributed by atoms with van der Waals surface area (Å²) in [4.78, 5) is 23.0. The standard InChI is InChI=1S/C10H13NO4/c1-15-10(14)11-6-2-3-8(7-11)4-5-9(12)13/h8H,2-3,6-7H2,1H3,(H,12,13). The first-order chi connectivity index (χ1) is 7.13. The van der Waals surface area contributed by atoms with E-state index in [0.29, 0.717) is 13.1 Å². The van der Waals surface area contributed by atoms with Gasteiger partial charge in [-0.2, -0.15) is 0 Å². The molecule has 0 spiro atoms. The van der Waals surface area contributed by atoms with Gasteiger partial charge in [-0.15, -0.1) is 0 Å². The monoisotopic (exact) mass is 211 g/mol. The Morgan fingerprint density at radius 3 is 2.87 bits per heavy atom. The zero-order valence-electron chi connectivity index (χ0n) is 8.52. The number of methoxy groups -OCH3 is 1. The molecule has 1 saturated heterocycles. The Morgan fingerprint density at radius 2 is 2.27 bits per heavy atom. The van der Waals surface area contributed by atoms with Crippen LogP contribution in [0.1, 0.15) is 12.8 Å². The molecule has 1 N–H and O–H groups in total. The normalized spacial score (nSPS) is 20.1. The number of ether oxygens (including phenoxy) is 1. The molecule has 0 saturated carbocycles. The van der Waals surface area contributed by atoms with Crippen molar-refractivity contribution < 1.29 is 19.4 Å². The van der Waals surface area contributed by atoms with Crippen molar-refractivity contribution in [2.75, 3.05) is 20.2 Å². The summed E-state index contributed by atoms with van der Waals surface area (Å²) < 4.78 is 4.59. The van der Waals surface area contributed by atoms with Crippen LogP contribution in [0, 0.1) is 17.8 Å². The van der Waals surface area contributed by atoms with E-state index in [-0.39, 0.29) is 12.0 Å². The molecule has 1 rings (SSSR count). The van der Waals surface area contributed by atoms with E-state index in [1.807, 2.05) is 0 Å². The zero-order chi connectivity index (χ0) is 11.3. The number of piperidine rings is 1. The first-order valence-electron chi connectivity index (χ1n) is 4.71. The van der Waals surface area contributed by atoms with Crippen molar-refractivity contribution >= 4 is 12.1 Å². The second-order valence-electron chi connectivity index (χ2n) is 3.33. The molecule has 82 valence electrons. The number of hydrogen-bond acceptors (Lipinski definition) is 3. The second kappa shape index (κ2) is 5.25. The third-order valence-corrected chi connectivity index (χ3v) is 2.24. The van der Waals surface area contributed by atoms with Gasteiger partial charge in [0, 0.05) is 24.9 Å². The van der Waals surface area contributed by atoms with Crippen molar-refractivity contribution in [1.29, 1.82) is 0 Å². The fourth-order valence-corrected chi connectivity index (χ4v) is 1.55. The van der Waals surface area contributed by atoms with E-state index < -0.39 is 5.97 Å². The van der Waals surface area contributed by atoms with Crippen molar-refractivity contribution in [3.05, 3.63) is 0 Å². The van der Waals surface area contributed by atoms with Gasteiger partial charge in [0.15, 0.2) is 0 Å². The summed E-state index contributed by atoms with van der Waals surface area (Å²) in [5.74, 6) is 3.52. The Bertz CT molecular complexity index is 315. The lowest BCUT2D eigenvalue weighted by Gasteiger charge is -2.28. The number of hydrogen-bond donors (Lipinski definition) is 1. The van der Waals surface area contributed by atoms with Crippen molar-refractivity contribution in [2.24, 2.45) is 5.92 Å². The van der Waals surface area contributed by atoms with Gasteiger partial charge in [-0.1, -0.05) is 5.92 Å². The lowest BCUT2D eigenvalue weighted by molar-refractivity contribution is -0.130. The molecule has 1 fully saturated rings. The number of carbonyl (C=O) groups is 2. The van der Waals surface area contributed by atoms with Crippen molar-refractivity contribution in [3.8, 4) is 11.8 Å². The summed E-state index contributed by atoms with van der Waals surface area (Å²) in [5.41, 5.74) is 0. The number of carboxylic acids is 1. The van der Waals surface area contributed by atoms with Gasteiger partial charge in [0.2, 0.25) is 0 Å². The number of aliphatic carboxylic acids is 1. The fourth-order valence-electron chi connectivity index (χ4n) is 1.55. The molecule has 0 aromatic rings. The van der Waals surface area contributed by atoms with Crippen LogP contribution in [0.3, 0.4) is 0 Å². The van der Waals surface area contributed by atoms with Gasteiger partial charge in [-0.05, 0) is 12.8 Å². The quantitative estimate of drug-likeness (QED) is 0.594. The molecule has 1 amide bonds. The van der Waals surface area contributed by atoms with Crippen LogP contribution in [0.25, 0.3) is 0 Å². The van der Waals surface area contributed by atoms with Crippen LogP contribution in [0.4, 0.5) is 4.79 Å². The summed E-state index contributed by atoms with van der Waals surface area (Å²) in [6.45, 7) is 1.10. The highest BCUT2D eigenvalue weighted by Gasteiger charge is 2.22. The van der Waals surface area contributed by atoms with Crippen LogP contribution in [0.5, 0.6) is 0 Å². The first kappa shape index (κ1) is 11.4. The summed E-state index contributed by atoms with van der Waals surface area (Å²) >= 11 is 0. The first-order valence-corrected chi connectivity index (χ1v) is 4.71. The predicted molar refractivity (Wildman–Crippen MR) is 52.1 cm³/mol. The number of carbonyl (C=O) groups excluding carboxylic acids is 1. The molecule has 0 aromatic heterocycles. The van der Waals surface area contributed by atoms with E-state index in [0.717, 1.165) is 12.8 Å². The van der Waals surface area contributed by atoms with Crippen LogP contribution in [0.15, 0.2) is 0 Å². The minimum Gasteiger partial charge on any atom is -0.472 e. The molecule has 1 aliphatic rings. The predicted octanol–water partition coefficient (Wildman–Crippen LogP) is 0.553. The third kappa shape index (κ3) is 3.50. The molecule has 5 heteroatoms. The van der Waals surface area contributed by atoms with Gasteiger partial charge in [0.05, 0.1) is 7.11 Å². The van der Waals surface area contributed by atoms with Crippen LogP contribution in [-0.2, 0) is 9.53 Å². The summed E-state index contributed by atoms with van der Waals surface area (Å²) in [6.07, 6.45) is 1.28. The maximum absolute atomic E-state index is 11.2. The van der Waals surface area contributed by atoms with E-state index in [1.165, 1.54) is 7.11 Å². The Morgan fingerprint density at radius 1 is 1.53 bits per heavy atom. The molecule has 1 unspecified atom stereocenters. The van der Waals surface area contributed by atoms with Gasteiger partial charge in [0.1, 0.15) is 0 Å². The van der Waals surface area contributed by atoms with E-state index in [4.69, 9.17) is 5.11 Å². The Balaban J connectivity index is 2.54. The van der Waals surface area contributed by atoms with Gasteiger partial charge < -0.3 is 14.7 Å². The molecule has 1 aliphatic heterocycles. The largest absolute Gasteiger partial charge is 0.472 e. The van der Waals surface area contributed by atoms with E-state index in [9.17, 15) is 9.59 Å². The van der Waals surface area contributed by atoms with Crippen molar-refractivity contribution in [3.63, 3.8) is 0 Å². The summed E-state index contributed by atoms with van der Waals surface area (Å²) in [7, 11) is 1.33. The lowest BCUT2D eigenvalue weighted by Crippen LogP contribution is -2.39. The summed E-state index contributed by atoms with van der Waals surface area (Å²) in [5, 5.41) is 8.39. The molecule has 1 atom stereocenters. The van der Waals surface area contributed by atoms with Gasteiger partial charge >= 0.3 is 12.1 Å². The number of amides is 1. The molecular weight excluding hydrogens is 198 g/mol. The maximum Gasteiger partial charge on any atom is 0.409 e. The Labute approximate surface area is 88.0 Å². The molecule has 0 bridgehead atoms. The van der Waals surface area contributed by atoms with Crippen LogP contribution in [-0.4, -0.2) is 42.3 Å². The van der Waals surface area contributed by atoms with Gasteiger partial charge in [0.25, 0.3) is 0 Å². The minimum absolute atomic E-state index is 0.0612. The average Bonchev–Trinajstić information content (AvgIpc) is 2.25. The number of nitrogens with zero attached hydrogens (tertiary/aromatic N) is 1. The smallest absolute Gasteiger partial charge is 0.409 e. The molecule has 0 aromatic carbocycles. The van der Waals surface area contributed by atoms with E-state index in [2.05, 4.69) is 16.6 Å². The molecule has 15 heavy (non-hydrogen) atoms. The fraction of sp³-hybridized carbons (Fsp3) is 0.600. The maximum atomic E-state index is 11.2.